The first-order valence-electron chi connectivity index (χ1n) is 4.92. The van der Waals surface area contributed by atoms with Crippen molar-refractivity contribution in [1.82, 2.24) is 0 Å². The fraction of sp³-hybridized carbons (Fsp3) is 1.00. The monoisotopic (exact) mass is 174 g/mol. The molecule has 1 rings (SSSR count). The lowest BCUT2D eigenvalue weighted by Crippen LogP contribution is -2.32. The Morgan fingerprint density at radius 3 is 2.50 bits per heavy atom. The smallest absolute Gasteiger partial charge is 0.102 e. The highest BCUT2D eigenvalue weighted by atomic mass is 19.3. The number of hydrogen-bond acceptors (Lipinski definition) is 1. The minimum atomic E-state index is -0.145. The van der Waals surface area contributed by atoms with Gasteiger partial charge in [-0.05, 0) is 35.1 Å². The molecule has 0 amide bonds. The minimum Gasteiger partial charge on any atom is -0.191 e. The first kappa shape index (κ1) is 9.97. The summed E-state index contributed by atoms with van der Waals surface area (Å²) in [6, 6.07) is 0. The van der Waals surface area contributed by atoms with Crippen molar-refractivity contribution in [3.63, 3.8) is 0 Å². The molecular weight excluding hydrogens is 155 g/mol. The van der Waals surface area contributed by atoms with Crippen molar-refractivity contribution in [3.8, 4) is 0 Å². The second kappa shape index (κ2) is 4.22. The lowest BCUT2D eigenvalue weighted by molar-refractivity contribution is -0.213. The zero-order chi connectivity index (χ0) is 9.14. The molecule has 0 N–H and O–H groups in total. The fourth-order valence-electron chi connectivity index (χ4n) is 2.22. The van der Waals surface area contributed by atoms with Crippen LogP contribution in [0.15, 0.2) is 0 Å². The summed E-state index contributed by atoms with van der Waals surface area (Å²) < 4.78 is 12.2. The summed E-state index contributed by atoms with van der Waals surface area (Å²) in [7, 11) is 0. The summed E-state index contributed by atoms with van der Waals surface area (Å²) in [5.74, 6) is 1.59. The van der Waals surface area contributed by atoms with Crippen LogP contribution in [0.1, 0.15) is 40.0 Å². The topological polar surface area (TPSA) is 9.23 Å². The Morgan fingerprint density at radius 2 is 2.00 bits per heavy atom. The Balaban J connectivity index is 2.50. The molecule has 0 aromatic carbocycles. The van der Waals surface area contributed by atoms with E-state index in [4.69, 9.17) is 0 Å². The molecule has 2 heteroatoms. The van der Waals surface area contributed by atoms with Crippen LogP contribution in [-0.2, 0) is 4.94 Å². The van der Waals surface area contributed by atoms with E-state index in [0.717, 1.165) is 12.8 Å². The predicted octanol–water partition coefficient (Wildman–Crippen LogP) is 3.35. The molecule has 0 aliphatic heterocycles. The molecule has 1 saturated carbocycles. The highest BCUT2D eigenvalue weighted by Crippen LogP contribution is 2.35. The average molecular weight is 174 g/mol. The molecular formula is C10H19FO. The normalized spacial score (nSPS) is 37.2. The van der Waals surface area contributed by atoms with Gasteiger partial charge in [-0.15, -0.1) is 0 Å². The quantitative estimate of drug-likeness (QED) is 0.623. The molecule has 1 aliphatic rings. The first-order valence-corrected chi connectivity index (χ1v) is 4.92. The van der Waals surface area contributed by atoms with Gasteiger partial charge in [0.05, 0.1) is 0 Å². The van der Waals surface area contributed by atoms with Gasteiger partial charge >= 0.3 is 0 Å². The maximum absolute atomic E-state index is 12.2. The molecule has 3 atom stereocenters. The SMILES string of the molecule is CC1CCC(C(C)C)C(OF)C1. The zero-order valence-electron chi connectivity index (χ0n) is 8.22. The van der Waals surface area contributed by atoms with E-state index in [1.807, 2.05) is 0 Å². The van der Waals surface area contributed by atoms with E-state index in [9.17, 15) is 4.53 Å². The van der Waals surface area contributed by atoms with E-state index in [1.54, 1.807) is 0 Å². The number of rotatable bonds is 2. The maximum atomic E-state index is 12.2. The second-order valence-corrected chi connectivity index (χ2v) is 4.45. The fourth-order valence-corrected chi connectivity index (χ4v) is 2.22. The number of hydrogen-bond donors (Lipinski definition) is 0. The van der Waals surface area contributed by atoms with Crippen molar-refractivity contribution in [3.05, 3.63) is 0 Å². The molecule has 0 spiro atoms. The maximum Gasteiger partial charge on any atom is 0.102 e. The van der Waals surface area contributed by atoms with Crippen molar-refractivity contribution in [2.75, 3.05) is 0 Å². The first-order chi connectivity index (χ1) is 5.65. The third-order valence-electron chi connectivity index (χ3n) is 3.08. The van der Waals surface area contributed by atoms with Crippen LogP contribution in [0.5, 0.6) is 0 Å². The lowest BCUT2D eigenvalue weighted by Gasteiger charge is -2.34. The Hall–Kier alpha value is -0.110. The van der Waals surface area contributed by atoms with Crippen LogP contribution in [0, 0.1) is 17.8 Å². The summed E-state index contributed by atoms with van der Waals surface area (Å²) in [6.45, 7) is 6.46. The van der Waals surface area contributed by atoms with E-state index in [-0.39, 0.29) is 6.10 Å². The molecule has 72 valence electrons. The van der Waals surface area contributed by atoms with E-state index in [1.165, 1.54) is 6.42 Å². The van der Waals surface area contributed by atoms with Crippen LogP contribution in [0.3, 0.4) is 0 Å². The van der Waals surface area contributed by atoms with Crippen molar-refractivity contribution in [2.24, 2.45) is 17.8 Å². The highest BCUT2D eigenvalue weighted by molar-refractivity contribution is 4.80. The van der Waals surface area contributed by atoms with E-state index >= 15 is 0 Å². The third-order valence-corrected chi connectivity index (χ3v) is 3.08. The molecule has 0 aromatic heterocycles. The largest absolute Gasteiger partial charge is 0.191 e. The van der Waals surface area contributed by atoms with Gasteiger partial charge < -0.3 is 0 Å². The van der Waals surface area contributed by atoms with Gasteiger partial charge in [0.2, 0.25) is 0 Å². The van der Waals surface area contributed by atoms with Crippen LogP contribution in [0.25, 0.3) is 0 Å². The lowest BCUT2D eigenvalue weighted by atomic mass is 9.75. The third kappa shape index (κ3) is 2.19. The molecule has 1 aliphatic carbocycles. The van der Waals surface area contributed by atoms with Gasteiger partial charge in [-0.1, -0.05) is 27.2 Å². The van der Waals surface area contributed by atoms with Crippen molar-refractivity contribution < 1.29 is 9.47 Å². The molecule has 0 heterocycles. The number of halogens is 1. The highest BCUT2D eigenvalue weighted by Gasteiger charge is 2.31. The van der Waals surface area contributed by atoms with Crippen LogP contribution in [-0.4, -0.2) is 6.10 Å². The summed E-state index contributed by atoms with van der Waals surface area (Å²) in [4.78, 5) is 4.04. The Morgan fingerprint density at radius 1 is 1.33 bits per heavy atom. The summed E-state index contributed by atoms with van der Waals surface area (Å²) in [5.41, 5.74) is 0. The van der Waals surface area contributed by atoms with E-state index in [0.29, 0.717) is 17.8 Å². The zero-order valence-corrected chi connectivity index (χ0v) is 8.22. The van der Waals surface area contributed by atoms with E-state index < -0.39 is 0 Å². The minimum absolute atomic E-state index is 0.145. The van der Waals surface area contributed by atoms with Crippen LogP contribution < -0.4 is 0 Å². The summed E-state index contributed by atoms with van der Waals surface area (Å²) >= 11 is 0. The van der Waals surface area contributed by atoms with Gasteiger partial charge in [0, 0.05) is 0 Å². The van der Waals surface area contributed by atoms with Gasteiger partial charge in [-0.2, -0.15) is 4.94 Å². The Bertz CT molecular complexity index is 136. The standard InChI is InChI=1S/C10H19FO/c1-7(2)9-5-4-8(3)6-10(9)12-11/h7-10H,4-6H2,1-3H3. The summed E-state index contributed by atoms with van der Waals surface area (Å²) in [5, 5.41) is 0. The van der Waals surface area contributed by atoms with Gasteiger partial charge in [0.25, 0.3) is 0 Å². The molecule has 1 fully saturated rings. The van der Waals surface area contributed by atoms with Crippen molar-refractivity contribution in [1.29, 1.82) is 0 Å². The van der Waals surface area contributed by atoms with E-state index in [2.05, 4.69) is 25.7 Å². The van der Waals surface area contributed by atoms with Crippen LogP contribution in [0.4, 0.5) is 4.53 Å². The van der Waals surface area contributed by atoms with Gasteiger partial charge in [0.15, 0.2) is 0 Å². The van der Waals surface area contributed by atoms with Crippen LogP contribution >= 0.6 is 0 Å². The Labute approximate surface area is 74.2 Å². The van der Waals surface area contributed by atoms with Crippen LogP contribution in [0.2, 0.25) is 0 Å². The summed E-state index contributed by atoms with van der Waals surface area (Å²) in [6.07, 6.45) is 3.09. The van der Waals surface area contributed by atoms with Crippen molar-refractivity contribution >= 4 is 0 Å². The predicted molar refractivity (Wildman–Crippen MR) is 47.3 cm³/mol. The van der Waals surface area contributed by atoms with Gasteiger partial charge in [-0.3, -0.25) is 0 Å². The van der Waals surface area contributed by atoms with Crippen molar-refractivity contribution in [2.45, 2.75) is 46.1 Å². The molecule has 12 heavy (non-hydrogen) atoms. The second-order valence-electron chi connectivity index (χ2n) is 4.45. The molecule has 0 aromatic rings. The Kier molecular flexibility index (Phi) is 3.51. The average Bonchev–Trinajstić information content (AvgIpc) is 2.03. The molecule has 0 bridgehead atoms. The molecule has 1 nitrogen and oxygen atoms in total. The molecule has 0 radical (unpaired) electrons. The molecule has 0 saturated heterocycles. The van der Waals surface area contributed by atoms with Gasteiger partial charge in [0.1, 0.15) is 6.10 Å². The van der Waals surface area contributed by atoms with Gasteiger partial charge in [-0.25, -0.2) is 0 Å². The molecule has 3 unspecified atom stereocenters.